The Morgan fingerprint density at radius 3 is 2.69 bits per heavy atom. The van der Waals surface area contributed by atoms with Gasteiger partial charge in [-0.3, -0.25) is 18.6 Å². The highest BCUT2D eigenvalue weighted by atomic mass is 32.2. The molecular formula is C22H22N4O2S. The Hall–Kier alpha value is -2.93. The van der Waals surface area contributed by atoms with E-state index in [0.717, 1.165) is 12.0 Å². The van der Waals surface area contributed by atoms with Crippen LogP contribution >= 0.6 is 11.8 Å². The van der Waals surface area contributed by atoms with Gasteiger partial charge in [0.05, 0.1) is 16.6 Å². The van der Waals surface area contributed by atoms with Crippen LogP contribution in [0.5, 0.6) is 0 Å². The Labute approximate surface area is 172 Å². The van der Waals surface area contributed by atoms with Crippen LogP contribution in [0.4, 0.5) is 0 Å². The summed E-state index contributed by atoms with van der Waals surface area (Å²) in [6.07, 6.45) is 2.54. The highest BCUT2D eigenvalue weighted by Crippen LogP contribution is 2.25. The summed E-state index contributed by atoms with van der Waals surface area (Å²) in [7, 11) is 0. The van der Waals surface area contributed by atoms with Crippen molar-refractivity contribution >= 4 is 28.3 Å². The quantitative estimate of drug-likeness (QED) is 0.370. The molecule has 0 saturated heterocycles. The summed E-state index contributed by atoms with van der Waals surface area (Å²) < 4.78 is 3.30. The van der Waals surface area contributed by atoms with E-state index in [1.165, 1.54) is 11.8 Å². The fourth-order valence-corrected chi connectivity index (χ4v) is 4.31. The van der Waals surface area contributed by atoms with E-state index in [2.05, 4.69) is 11.9 Å². The first kappa shape index (κ1) is 19.4. The molecule has 0 spiro atoms. The number of benzene rings is 1. The Balaban J connectivity index is 1.77. The van der Waals surface area contributed by atoms with Crippen LogP contribution < -0.4 is 11.1 Å². The Kier molecular flexibility index (Phi) is 5.24. The predicted molar refractivity (Wildman–Crippen MR) is 117 cm³/mol. The second-order valence-electron chi connectivity index (χ2n) is 7.10. The molecule has 1 aromatic carbocycles. The van der Waals surface area contributed by atoms with Crippen molar-refractivity contribution in [3.63, 3.8) is 0 Å². The minimum Gasteiger partial charge on any atom is -0.284 e. The van der Waals surface area contributed by atoms with Crippen molar-refractivity contribution in [3.05, 3.63) is 80.6 Å². The lowest BCUT2D eigenvalue weighted by molar-refractivity contribution is 0.468. The second-order valence-corrected chi connectivity index (χ2v) is 8.05. The van der Waals surface area contributed by atoms with E-state index < -0.39 is 0 Å². The van der Waals surface area contributed by atoms with Crippen molar-refractivity contribution in [2.75, 3.05) is 0 Å². The molecular weight excluding hydrogens is 384 g/mol. The van der Waals surface area contributed by atoms with Gasteiger partial charge in [0.1, 0.15) is 5.65 Å². The third-order valence-corrected chi connectivity index (χ3v) is 6.08. The van der Waals surface area contributed by atoms with E-state index in [1.807, 2.05) is 50.2 Å². The molecule has 0 amide bonds. The summed E-state index contributed by atoms with van der Waals surface area (Å²) in [5, 5.41) is 1.27. The molecule has 29 heavy (non-hydrogen) atoms. The van der Waals surface area contributed by atoms with Gasteiger partial charge in [0.2, 0.25) is 0 Å². The minimum absolute atomic E-state index is 0.0274. The van der Waals surface area contributed by atoms with Crippen molar-refractivity contribution in [1.29, 1.82) is 0 Å². The van der Waals surface area contributed by atoms with Crippen LogP contribution in [0.15, 0.2) is 63.4 Å². The number of hydrogen-bond donors (Lipinski definition) is 0. The van der Waals surface area contributed by atoms with Crippen LogP contribution in [0.3, 0.4) is 0 Å². The zero-order chi connectivity index (χ0) is 20.5. The first-order valence-corrected chi connectivity index (χ1v) is 10.6. The third-order valence-electron chi connectivity index (χ3n) is 5.10. The molecule has 148 valence electrons. The van der Waals surface area contributed by atoms with Gasteiger partial charge in [-0.1, -0.05) is 36.9 Å². The summed E-state index contributed by atoms with van der Waals surface area (Å²) in [5.74, 6) is 0.460. The van der Waals surface area contributed by atoms with Crippen molar-refractivity contribution in [3.8, 4) is 0 Å². The maximum atomic E-state index is 13.1. The number of hydrogen-bond acceptors (Lipinski definition) is 5. The summed E-state index contributed by atoms with van der Waals surface area (Å²) in [5.41, 5.74) is 2.81. The number of nitrogens with zero attached hydrogens (tertiary/aromatic N) is 4. The molecule has 3 heterocycles. The maximum absolute atomic E-state index is 13.1. The Morgan fingerprint density at radius 1 is 1.10 bits per heavy atom. The number of thioether (sulfide) groups is 1. The molecule has 1 atom stereocenters. The van der Waals surface area contributed by atoms with Gasteiger partial charge in [-0.25, -0.2) is 9.97 Å². The lowest BCUT2D eigenvalue weighted by Crippen LogP contribution is -2.26. The average Bonchev–Trinajstić information content (AvgIpc) is 2.72. The first-order valence-electron chi connectivity index (χ1n) is 9.61. The molecule has 4 aromatic rings. The van der Waals surface area contributed by atoms with E-state index in [0.29, 0.717) is 33.2 Å². The van der Waals surface area contributed by atoms with E-state index in [1.54, 1.807) is 21.2 Å². The van der Waals surface area contributed by atoms with Crippen LogP contribution in [-0.2, 0) is 5.75 Å². The van der Waals surface area contributed by atoms with Gasteiger partial charge in [-0.05, 0) is 44.0 Å². The van der Waals surface area contributed by atoms with Gasteiger partial charge >= 0.3 is 0 Å². The zero-order valence-corrected chi connectivity index (χ0v) is 17.4. The number of para-hydroxylation sites is 1. The molecule has 7 heteroatoms. The lowest BCUT2D eigenvalue weighted by Gasteiger charge is -2.18. The van der Waals surface area contributed by atoms with Crippen LogP contribution in [0.1, 0.15) is 37.6 Å². The number of aromatic nitrogens is 4. The van der Waals surface area contributed by atoms with E-state index in [9.17, 15) is 9.59 Å². The van der Waals surface area contributed by atoms with Gasteiger partial charge in [-0.15, -0.1) is 0 Å². The topological polar surface area (TPSA) is 69.3 Å². The molecule has 6 nitrogen and oxygen atoms in total. The molecule has 0 radical (unpaired) electrons. The van der Waals surface area contributed by atoms with Crippen molar-refractivity contribution in [1.82, 2.24) is 18.9 Å². The summed E-state index contributed by atoms with van der Waals surface area (Å²) in [6, 6.07) is 12.7. The fourth-order valence-electron chi connectivity index (χ4n) is 3.32. The highest BCUT2D eigenvalue weighted by Gasteiger charge is 2.16. The van der Waals surface area contributed by atoms with E-state index in [4.69, 9.17) is 4.98 Å². The van der Waals surface area contributed by atoms with Crippen LogP contribution in [-0.4, -0.2) is 18.9 Å². The van der Waals surface area contributed by atoms with Gasteiger partial charge in [-0.2, -0.15) is 0 Å². The fraction of sp³-hybridized carbons (Fsp3) is 0.273. The molecule has 0 N–H and O–H groups in total. The smallest absolute Gasteiger partial charge is 0.262 e. The van der Waals surface area contributed by atoms with Crippen molar-refractivity contribution in [2.24, 2.45) is 0 Å². The monoisotopic (exact) mass is 406 g/mol. The van der Waals surface area contributed by atoms with Crippen LogP contribution in [0.25, 0.3) is 16.6 Å². The summed E-state index contributed by atoms with van der Waals surface area (Å²) >= 11 is 1.44. The van der Waals surface area contributed by atoms with E-state index >= 15 is 0 Å². The zero-order valence-electron chi connectivity index (χ0n) is 16.6. The Bertz CT molecular complexity index is 1330. The normalized spacial score (nSPS) is 12.5. The summed E-state index contributed by atoms with van der Waals surface area (Å²) in [6.45, 7) is 6.01. The number of fused-ring (bicyclic) bond motifs is 2. The molecule has 0 bridgehead atoms. The molecule has 0 saturated carbocycles. The molecule has 0 aliphatic carbocycles. The molecule has 3 aromatic heterocycles. The largest absolute Gasteiger partial charge is 0.284 e. The van der Waals surface area contributed by atoms with Gasteiger partial charge < -0.3 is 0 Å². The van der Waals surface area contributed by atoms with Crippen molar-refractivity contribution in [2.45, 2.75) is 44.1 Å². The van der Waals surface area contributed by atoms with Gasteiger partial charge in [0.15, 0.2) is 5.16 Å². The first-order chi connectivity index (χ1) is 14.0. The second kappa shape index (κ2) is 7.83. The van der Waals surface area contributed by atoms with Crippen LogP contribution in [0.2, 0.25) is 0 Å². The average molecular weight is 407 g/mol. The van der Waals surface area contributed by atoms with Gasteiger partial charge in [0, 0.05) is 24.1 Å². The number of pyridine rings is 1. The molecule has 0 aliphatic heterocycles. The number of rotatable bonds is 5. The third kappa shape index (κ3) is 3.58. The van der Waals surface area contributed by atoms with E-state index in [-0.39, 0.29) is 17.2 Å². The number of aryl methyl sites for hydroxylation is 1. The van der Waals surface area contributed by atoms with Crippen LogP contribution in [0, 0.1) is 6.92 Å². The van der Waals surface area contributed by atoms with Crippen molar-refractivity contribution < 1.29 is 0 Å². The lowest BCUT2D eigenvalue weighted by atomic mass is 10.2. The maximum Gasteiger partial charge on any atom is 0.262 e. The summed E-state index contributed by atoms with van der Waals surface area (Å²) in [4.78, 5) is 34.9. The minimum atomic E-state index is -0.111. The molecule has 0 unspecified atom stereocenters. The highest BCUT2D eigenvalue weighted by molar-refractivity contribution is 7.98. The predicted octanol–water partition coefficient (Wildman–Crippen LogP) is 3.98. The standard InChI is InChI=1S/C22H22N4O2S/c1-4-15(3)26-21(28)17-9-5-6-10-18(17)24-22(26)29-13-16-12-19(27)25-11-7-8-14(2)20(25)23-16/h5-12,15H,4,13H2,1-3H3/t15-/m1/s1. The SMILES string of the molecule is CC[C@@H](C)n1c(SCc2cc(=O)n3cccc(C)c3n2)nc2ccccc2c1=O. The molecule has 0 aliphatic rings. The Morgan fingerprint density at radius 2 is 1.90 bits per heavy atom. The molecule has 4 rings (SSSR count). The molecule has 0 fully saturated rings. The van der Waals surface area contributed by atoms with Gasteiger partial charge in [0.25, 0.3) is 11.1 Å².